The molecule has 1 aliphatic heterocycles. The molecular formula is C16H23NO3. The van der Waals surface area contributed by atoms with E-state index in [4.69, 9.17) is 14.2 Å². The summed E-state index contributed by atoms with van der Waals surface area (Å²) in [7, 11) is 1.66. The van der Waals surface area contributed by atoms with Crippen molar-refractivity contribution in [2.75, 3.05) is 13.9 Å². The van der Waals surface area contributed by atoms with Crippen LogP contribution in [0.5, 0.6) is 17.2 Å². The number of nitrogens with one attached hydrogen (secondary N) is 1. The first-order valence-electron chi connectivity index (χ1n) is 7.48. The van der Waals surface area contributed by atoms with Gasteiger partial charge in [0.1, 0.15) is 0 Å². The Balaban J connectivity index is 1.68. The average molecular weight is 277 g/mol. The number of hydrogen-bond acceptors (Lipinski definition) is 4. The molecule has 1 fully saturated rings. The van der Waals surface area contributed by atoms with Crippen LogP contribution in [0.15, 0.2) is 12.1 Å². The second-order valence-electron chi connectivity index (χ2n) is 5.78. The predicted octanol–water partition coefficient (Wildman–Crippen LogP) is 3.09. The van der Waals surface area contributed by atoms with Gasteiger partial charge in [0, 0.05) is 12.6 Å². The maximum Gasteiger partial charge on any atom is 0.231 e. The summed E-state index contributed by atoms with van der Waals surface area (Å²) in [5.41, 5.74) is 1.18. The van der Waals surface area contributed by atoms with E-state index >= 15 is 0 Å². The first kappa shape index (κ1) is 13.6. The van der Waals surface area contributed by atoms with Crippen LogP contribution in [0.1, 0.15) is 38.2 Å². The van der Waals surface area contributed by atoms with Crippen LogP contribution in [0, 0.1) is 5.92 Å². The van der Waals surface area contributed by atoms with E-state index < -0.39 is 0 Å². The van der Waals surface area contributed by atoms with E-state index in [-0.39, 0.29) is 6.79 Å². The molecule has 1 aromatic rings. The van der Waals surface area contributed by atoms with Gasteiger partial charge in [0.2, 0.25) is 12.5 Å². The van der Waals surface area contributed by atoms with E-state index in [1.807, 2.05) is 12.1 Å². The van der Waals surface area contributed by atoms with E-state index in [1.54, 1.807) is 7.11 Å². The van der Waals surface area contributed by atoms with Crippen molar-refractivity contribution >= 4 is 0 Å². The van der Waals surface area contributed by atoms with Gasteiger partial charge in [-0.3, -0.25) is 0 Å². The van der Waals surface area contributed by atoms with E-state index in [1.165, 1.54) is 31.2 Å². The Kier molecular flexibility index (Phi) is 4.01. The molecule has 0 spiro atoms. The van der Waals surface area contributed by atoms with Crippen molar-refractivity contribution in [3.8, 4) is 17.2 Å². The Hall–Kier alpha value is -1.42. The molecule has 2 atom stereocenters. The SMILES string of the molecule is COc1cc(CNC2CCCCC2C)cc2c1OCO2. The zero-order valence-corrected chi connectivity index (χ0v) is 12.3. The molecule has 2 aliphatic rings. The molecular weight excluding hydrogens is 254 g/mol. The Morgan fingerprint density at radius 3 is 2.90 bits per heavy atom. The van der Waals surface area contributed by atoms with Crippen LogP contribution in [0.3, 0.4) is 0 Å². The van der Waals surface area contributed by atoms with Crippen molar-refractivity contribution in [3.63, 3.8) is 0 Å². The number of fused-ring (bicyclic) bond motifs is 1. The highest BCUT2D eigenvalue weighted by molar-refractivity contribution is 5.55. The van der Waals surface area contributed by atoms with Gasteiger partial charge in [-0.1, -0.05) is 19.8 Å². The van der Waals surface area contributed by atoms with E-state index in [2.05, 4.69) is 12.2 Å². The van der Waals surface area contributed by atoms with E-state index in [0.717, 1.165) is 29.7 Å². The monoisotopic (exact) mass is 277 g/mol. The molecule has 1 aliphatic carbocycles. The minimum Gasteiger partial charge on any atom is -0.493 e. The molecule has 2 unspecified atom stereocenters. The van der Waals surface area contributed by atoms with Crippen LogP contribution in [0.4, 0.5) is 0 Å². The Bertz CT molecular complexity index is 475. The number of ether oxygens (including phenoxy) is 3. The molecule has 1 N–H and O–H groups in total. The van der Waals surface area contributed by atoms with Crippen molar-refractivity contribution in [2.45, 2.75) is 45.2 Å². The maximum atomic E-state index is 5.46. The maximum absolute atomic E-state index is 5.46. The predicted molar refractivity (Wildman–Crippen MR) is 77.4 cm³/mol. The molecule has 1 aromatic carbocycles. The lowest BCUT2D eigenvalue weighted by Gasteiger charge is -2.29. The summed E-state index contributed by atoms with van der Waals surface area (Å²) < 4.78 is 16.3. The molecule has 1 saturated carbocycles. The molecule has 0 saturated heterocycles. The molecule has 0 amide bonds. The van der Waals surface area contributed by atoms with Gasteiger partial charge >= 0.3 is 0 Å². The van der Waals surface area contributed by atoms with Gasteiger partial charge in [0.25, 0.3) is 0 Å². The lowest BCUT2D eigenvalue weighted by Crippen LogP contribution is -2.36. The third-order valence-corrected chi connectivity index (χ3v) is 4.40. The topological polar surface area (TPSA) is 39.7 Å². The lowest BCUT2D eigenvalue weighted by atomic mass is 9.86. The Labute approximate surface area is 120 Å². The first-order valence-corrected chi connectivity index (χ1v) is 7.48. The fraction of sp³-hybridized carbons (Fsp3) is 0.625. The second kappa shape index (κ2) is 5.92. The van der Waals surface area contributed by atoms with Crippen molar-refractivity contribution in [1.82, 2.24) is 5.32 Å². The highest BCUT2D eigenvalue weighted by Crippen LogP contribution is 2.41. The number of methoxy groups -OCH3 is 1. The Morgan fingerprint density at radius 1 is 1.25 bits per heavy atom. The molecule has 4 nitrogen and oxygen atoms in total. The molecule has 20 heavy (non-hydrogen) atoms. The summed E-state index contributed by atoms with van der Waals surface area (Å²) in [6, 6.07) is 4.71. The third kappa shape index (κ3) is 2.70. The highest BCUT2D eigenvalue weighted by Gasteiger charge is 2.22. The summed E-state index contributed by atoms with van der Waals surface area (Å²) >= 11 is 0. The van der Waals surface area contributed by atoms with Gasteiger partial charge in [0.15, 0.2) is 11.5 Å². The lowest BCUT2D eigenvalue weighted by molar-refractivity contribution is 0.171. The van der Waals surface area contributed by atoms with Gasteiger partial charge in [-0.25, -0.2) is 0 Å². The third-order valence-electron chi connectivity index (χ3n) is 4.40. The van der Waals surface area contributed by atoms with Gasteiger partial charge in [-0.05, 0) is 36.5 Å². The largest absolute Gasteiger partial charge is 0.493 e. The molecule has 0 bridgehead atoms. The molecule has 3 rings (SSSR count). The fourth-order valence-electron chi connectivity index (χ4n) is 3.15. The van der Waals surface area contributed by atoms with E-state index in [9.17, 15) is 0 Å². The zero-order chi connectivity index (χ0) is 13.9. The molecule has 110 valence electrons. The minimum atomic E-state index is 0.280. The number of rotatable bonds is 4. The first-order chi connectivity index (χ1) is 9.78. The van der Waals surface area contributed by atoms with E-state index in [0.29, 0.717) is 6.04 Å². The standard InChI is InChI=1S/C16H23NO3/c1-11-5-3-4-6-13(11)17-9-12-7-14(18-2)16-15(8-12)19-10-20-16/h7-8,11,13,17H,3-6,9-10H2,1-2H3. The fourth-order valence-corrected chi connectivity index (χ4v) is 3.15. The average Bonchev–Trinajstić information content (AvgIpc) is 2.94. The normalized spacial score (nSPS) is 24.7. The summed E-state index contributed by atoms with van der Waals surface area (Å²) in [5.74, 6) is 3.04. The van der Waals surface area contributed by atoms with Gasteiger partial charge < -0.3 is 19.5 Å². The summed E-state index contributed by atoms with van der Waals surface area (Å²) in [6.07, 6.45) is 5.33. The van der Waals surface area contributed by atoms with Crippen LogP contribution >= 0.6 is 0 Å². The molecule has 1 heterocycles. The van der Waals surface area contributed by atoms with Crippen LogP contribution < -0.4 is 19.5 Å². The highest BCUT2D eigenvalue weighted by atomic mass is 16.7. The smallest absolute Gasteiger partial charge is 0.231 e. The second-order valence-corrected chi connectivity index (χ2v) is 5.78. The minimum absolute atomic E-state index is 0.280. The molecule has 4 heteroatoms. The molecule has 0 aromatic heterocycles. The van der Waals surface area contributed by atoms with Crippen molar-refractivity contribution in [1.29, 1.82) is 0 Å². The Morgan fingerprint density at radius 2 is 2.10 bits per heavy atom. The van der Waals surface area contributed by atoms with Gasteiger partial charge in [-0.2, -0.15) is 0 Å². The van der Waals surface area contributed by atoms with Crippen molar-refractivity contribution in [3.05, 3.63) is 17.7 Å². The van der Waals surface area contributed by atoms with Crippen molar-refractivity contribution in [2.24, 2.45) is 5.92 Å². The molecule has 0 radical (unpaired) electrons. The summed E-state index contributed by atoms with van der Waals surface area (Å²) in [6.45, 7) is 3.47. The summed E-state index contributed by atoms with van der Waals surface area (Å²) in [5, 5.41) is 3.68. The summed E-state index contributed by atoms with van der Waals surface area (Å²) in [4.78, 5) is 0. The van der Waals surface area contributed by atoms with Crippen molar-refractivity contribution < 1.29 is 14.2 Å². The number of hydrogen-bond donors (Lipinski definition) is 1. The van der Waals surface area contributed by atoms with Crippen LogP contribution in [-0.4, -0.2) is 19.9 Å². The zero-order valence-electron chi connectivity index (χ0n) is 12.3. The van der Waals surface area contributed by atoms with Crippen LogP contribution in [0.25, 0.3) is 0 Å². The van der Waals surface area contributed by atoms with Gasteiger partial charge in [-0.15, -0.1) is 0 Å². The number of benzene rings is 1. The van der Waals surface area contributed by atoms with Crippen LogP contribution in [-0.2, 0) is 6.54 Å². The van der Waals surface area contributed by atoms with Crippen LogP contribution in [0.2, 0.25) is 0 Å². The van der Waals surface area contributed by atoms with Gasteiger partial charge in [0.05, 0.1) is 7.11 Å². The quantitative estimate of drug-likeness (QED) is 0.918.